The van der Waals surface area contributed by atoms with Gasteiger partial charge in [-0.2, -0.15) is 0 Å². The third kappa shape index (κ3) is 3.49. The van der Waals surface area contributed by atoms with Crippen LogP contribution in [0.2, 0.25) is 0 Å². The van der Waals surface area contributed by atoms with Crippen LogP contribution in [0.3, 0.4) is 0 Å². The van der Waals surface area contributed by atoms with Gasteiger partial charge in [-0.3, -0.25) is 0 Å². The summed E-state index contributed by atoms with van der Waals surface area (Å²) in [6.07, 6.45) is 8.38. The van der Waals surface area contributed by atoms with E-state index < -0.39 is 0 Å². The molecule has 0 saturated heterocycles. The smallest absolute Gasteiger partial charge is 0.220 e. The molecule has 5 heteroatoms. The Bertz CT molecular complexity index is 810. The molecule has 0 aromatic carbocycles. The summed E-state index contributed by atoms with van der Waals surface area (Å²) in [6, 6.07) is 3.59. The average molecular weight is 305 g/mol. The quantitative estimate of drug-likeness (QED) is 0.790. The number of hydrogen-bond donors (Lipinski definition) is 2. The fraction of sp³-hybridized carbons (Fsp3) is 0.278. The second kappa shape index (κ2) is 6.49. The number of nitrogens with zero attached hydrogens (tertiary/aromatic N) is 3. The van der Waals surface area contributed by atoms with Crippen LogP contribution < -0.4 is 11.5 Å². The number of pyridine rings is 1. The molecule has 3 rings (SSSR count). The molecule has 1 aliphatic carbocycles. The molecule has 5 nitrogen and oxygen atoms in total. The molecule has 0 aliphatic heterocycles. The fourth-order valence-electron chi connectivity index (χ4n) is 2.64. The van der Waals surface area contributed by atoms with Crippen LogP contribution in [0.15, 0.2) is 24.4 Å². The molecule has 2 aromatic rings. The molecule has 23 heavy (non-hydrogen) atoms. The first-order chi connectivity index (χ1) is 11.1. The molecule has 0 fully saturated rings. The van der Waals surface area contributed by atoms with E-state index in [4.69, 9.17) is 11.5 Å². The molecule has 0 spiro atoms. The summed E-state index contributed by atoms with van der Waals surface area (Å²) in [5, 5.41) is 0. The third-order valence-electron chi connectivity index (χ3n) is 3.82. The molecule has 116 valence electrons. The SMILES string of the molecule is Cc1nc(N)nc(C2=CCCCC2)c1C#Cc1ccc(N)nc1. The molecule has 0 amide bonds. The standard InChI is InChI=1S/C18H19N5/c1-12-15(9-7-13-8-10-16(19)21-11-13)17(23-18(20)22-12)14-5-3-2-4-6-14/h5,8,10-11H,2-4,6H2,1H3,(H2,19,21)(H2,20,22,23). The third-order valence-corrected chi connectivity index (χ3v) is 3.82. The maximum absolute atomic E-state index is 5.84. The molecular formula is C18H19N5. The molecular weight excluding hydrogens is 286 g/mol. The van der Waals surface area contributed by atoms with Crippen molar-refractivity contribution in [3.63, 3.8) is 0 Å². The van der Waals surface area contributed by atoms with Crippen LogP contribution in [0.1, 0.15) is 48.2 Å². The van der Waals surface area contributed by atoms with Crippen molar-refractivity contribution in [2.75, 3.05) is 11.5 Å². The van der Waals surface area contributed by atoms with Crippen molar-refractivity contribution in [2.45, 2.75) is 32.6 Å². The van der Waals surface area contributed by atoms with Crippen LogP contribution >= 0.6 is 0 Å². The highest BCUT2D eigenvalue weighted by Crippen LogP contribution is 2.28. The van der Waals surface area contributed by atoms with E-state index in [1.165, 1.54) is 18.4 Å². The van der Waals surface area contributed by atoms with Gasteiger partial charge in [0.05, 0.1) is 17.0 Å². The number of anilines is 2. The Kier molecular flexibility index (Phi) is 4.24. The zero-order valence-electron chi connectivity index (χ0n) is 13.1. The zero-order chi connectivity index (χ0) is 16.2. The second-order valence-corrected chi connectivity index (χ2v) is 5.59. The minimum absolute atomic E-state index is 0.295. The monoisotopic (exact) mass is 305 g/mol. The summed E-state index contributed by atoms with van der Waals surface area (Å²) in [4.78, 5) is 12.8. The van der Waals surface area contributed by atoms with Gasteiger partial charge in [-0.1, -0.05) is 17.9 Å². The van der Waals surface area contributed by atoms with E-state index in [-0.39, 0.29) is 0 Å². The Hall–Kier alpha value is -2.87. The fourth-order valence-corrected chi connectivity index (χ4v) is 2.64. The van der Waals surface area contributed by atoms with Crippen molar-refractivity contribution >= 4 is 17.3 Å². The molecule has 0 radical (unpaired) electrons. The number of hydrogen-bond acceptors (Lipinski definition) is 5. The number of allylic oxidation sites excluding steroid dienone is 2. The molecule has 0 unspecified atom stereocenters. The van der Waals surface area contributed by atoms with Gasteiger partial charge in [-0.05, 0) is 50.3 Å². The molecule has 2 heterocycles. The Morgan fingerprint density at radius 1 is 1.09 bits per heavy atom. The lowest BCUT2D eigenvalue weighted by Crippen LogP contribution is -2.06. The van der Waals surface area contributed by atoms with Gasteiger partial charge in [0.15, 0.2) is 0 Å². The number of aromatic nitrogens is 3. The van der Waals surface area contributed by atoms with Crippen LogP contribution in [0.25, 0.3) is 5.57 Å². The average Bonchev–Trinajstić information content (AvgIpc) is 2.56. The zero-order valence-corrected chi connectivity index (χ0v) is 13.1. The largest absolute Gasteiger partial charge is 0.384 e. The molecule has 1 aliphatic rings. The predicted octanol–water partition coefficient (Wildman–Crippen LogP) is 2.70. The van der Waals surface area contributed by atoms with Crippen LogP contribution in [-0.2, 0) is 0 Å². The van der Waals surface area contributed by atoms with Crippen molar-refractivity contribution in [2.24, 2.45) is 0 Å². The number of rotatable bonds is 1. The molecule has 0 saturated carbocycles. The van der Waals surface area contributed by atoms with Crippen molar-refractivity contribution in [1.29, 1.82) is 0 Å². The second-order valence-electron chi connectivity index (χ2n) is 5.59. The summed E-state index contributed by atoms with van der Waals surface area (Å²) in [5.41, 5.74) is 16.0. The summed E-state index contributed by atoms with van der Waals surface area (Å²) in [5.74, 6) is 7.08. The topological polar surface area (TPSA) is 90.7 Å². The molecule has 0 atom stereocenters. The van der Waals surface area contributed by atoms with Crippen molar-refractivity contribution < 1.29 is 0 Å². The van der Waals surface area contributed by atoms with Gasteiger partial charge in [0.2, 0.25) is 5.95 Å². The van der Waals surface area contributed by atoms with E-state index in [2.05, 4.69) is 32.9 Å². The summed E-state index contributed by atoms with van der Waals surface area (Å²) >= 11 is 0. The van der Waals surface area contributed by atoms with Gasteiger partial charge in [-0.25, -0.2) is 15.0 Å². The van der Waals surface area contributed by atoms with Crippen molar-refractivity contribution in [1.82, 2.24) is 15.0 Å². The first-order valence-corrected chi connectivity index (χ1v) is 7.70. The lowest BCUT2D eigenvalue weighted by molar-refractivity contribution is 0.739. The first kappa shape index (κ1) is 15.0. The Morgan fingerprint density at radius 3 is 2.65 bits per heavy atom. The normalized spacial score (nSPS) is 13.9. The van der Waals surface area contributed by atoms with Crippen LogP contribution in [0.4, 0.5) is 11.8 Å². The van der Waals surface area contributed by atoms with Crippen molar-refractivity contribution in [3.8, 4) is 11.8 Å². The van der Waals surface area contributed by atoms with E-state index >= 15 is 0 Å². The number of nitrogen functional groups attached to an aromatic ring is 2. The van der Waals surface area contributed by atoms with E-state index in [1.54, 1.807) is 12.3 Å². The lowest BCUT2D eigenvalue weighted by Gasteiger charge is -2.15. The maximum atomic E-state index is 5.84. The van der Waals surface area contributed by atoms with Gasteiger partial charge in [0.25, 0.3) is 0 Å². The van der Waals surface area contributed by atoms with Crippen molar-refractivity contribution in [3.05, 3.63) is 46.9 Å². The number of aryl methyl sites for hydroxylation is 1. The van der Waals surface area contributed by atoms with Crippen LogP contribution in [0, 0.1) is 18.8 Å². The molecule has 4 N–H and O–H groups in total. The summed E-state index contributed by atoms with van der Waals surface area (Å²) in [7, 11) is 0. The highest BCUT2D eigenvalue weighted by molar-refractivity contribution is 5.70. The van der Waals surface area contributed by atoms with Crippen LogP contribution in [0.5, 0.6) is 0 Å². The lowest BCUT2D eigenvalue weighted by atomic mass is 9.94. The summed E-state index contributed by atoms with van der Waals surface area (Å²) < 4.78 is 0. The van der Waals surface area contributed by atoms with Gasteiger partial charge in [0.1, 0.15) is 5.82 Å². The van der Waals surface area contributed by atoms with E-state index in [1.807, 2.05) is 13.0 Å². The predicted molar refractivity (Wildman–Crippen MR) is 92.3 cm³/mol. The van der Waals surface area contributed by atoms with E-state index in [0.29, 0.717) is 11.8 Å². The minimum atomic E-state index is 0.295. The Balaban J connectivity index is 2.04. The Morgan fingerprint density at radius 2 is 1.96 bits per heavy atom. The Labute approximate surface area is 135 Å². The highest BCUT2D eigenvalue weighted by atomic mass is 15.0. The number of nitrogens with two attached hydrogens (primary N) is 2. The van der Waals surface area contributed by atoms with Gasteiger partial charge >= 0.3 is 0 Å². The molecule has 0 bridgehead atoms. The minimum Gasteiger partial charge on any atom is -0.384 e. The molecule has 2 aromatic heterocycles. The highest BCUT2D eigenvalue weighted by Gasteiger charge is 2.15. The van der Waals surface area contributed by atoms with Gasteiger partial charge in [-0.15, -0.1) is 0 Å². The van der Waals surface area contributed by atoms with E-state index in [0.717, 1.165) is 35.4 Å². The first-order valence-electron chi connectivity index (χ1n) is 7.70. The van der Waals surface area contributed by atoms with Gasteiger partial charge in [0, 0.05) is 11.8 Å². The van der Waals surface area contributed by atoms with Gasteiger partial charge < -0.3 is 11.5 Å². The van der Waals surface area contributed by atoms with E-state index in [9.17, 15) is 0 Å². The maximum Gasteiger partial charge on any atom is 0.220 e. The van der Waals surface area contributed by atoms with Crippen LogP contribution in [-0.4, -0.2) is 15.0 Å². The summed E-state index contributed by atoms with van der Waals surface area (Å²) in [6.45, 7) is 1.91.